The molecule has 0 radical (unpaired) electrons. The fourth-order valence-corrected chi connectivity index (χ4v) is 2.62. The van der Waals surface area contributed by atoms with Crippen molar-refractivity contribution in [3.63, 3.8) is 0 Å². The van der Waals surface area contributed by atoms with E-state index in [4.69, 9.17) is 4.74 Å². The zero-order valence-corrected chi connectivity index (χ0v) is 10.9. The van der Waals surface area contributed by atoms with Gasteiger partial charge in [0.25, 0.3) is 5.91 Å². The molecule has 4 rings (SSSR count). The molecule has 4 nitrogen and oxygen atoms in total. The summed E-state index contributed by atoms with van der Waals surface area (Å²) in [5.74, 6) is -0.123. The molecule has 2 aromatic rings. The van der Waals surface area contributed by atoms with Gasteiger partial charge in [-0.05, 0) is 35.9 Å². The van der Waals surface area contributed by atoms with Crippen LogP contribution in [0.3, 0.4) is 0 Å². The average molecular weight is 282 g/mol. The topological polar surface area (TPSA) is 54.1 Å². The summed E-state index contributed by atoms with van der Waals surface area (Å²) in [5.41, 5.74) is 3.64. The number of ether oxygens (including phenoxy) is 1. The van der Waals surface area contributed by atoms with E-state index in [9.17, 15) is 9.18 Å². The first kappa shape index (κ1) is 12.0. The first-order valence-electron chi connectivity index (χ1n) is 6.54. The smallest absolute Gasteiger partial charge is 0.260 e. The van der Waals surface area contributed by atoms with Crippen LogP contribution < -0.4 is 5.32 Å². The van der Waals surface area contributed by atoms with Gasteiger partial charge in [-0.25, -0.2) is 4.39 Å². The maximum atomic E-state index is 13.2. The Morgan fingerprint density at radius 2 is 2.14 bits per heavy atom. The van der Waals surface area contributed by atoms with Gasteiger partial charge in [0.15, 0.2) is 0 Å². The number of hydrogen-bond donors (Lipinski definition) is 2. The van der Waals surface area contributed by atoms with Crippen molar-refractivity contribution >= 4 is 22.7 Å². The molecule has 2 N–H and O–H groups in total. The van der Waals surface area contributed by atoms with Crippen LogP contribution in [0.5, 0.6) is 0 Å². The molecule has 0 unspecified atom stereocenters. The standard InChI is InChI=1S/C16H11FN2O2/c17-11-1-2-12-13(6-11)19-16(20)15(12)14-5-10(8-21-14)9-3-4-18-7-9/h1-7,18H,8H2,(H,19,20)/b15-14+. The molecule has 0 atom stereocenters. The normalized spacial score (nSPS) is 20.0. The molecular formula is C16H11FN2O2. The van der Waals surface area contributed by atoms with Gasteiger partial charge in [0.05, 0.1) is 11.3 Å². The number of nitrogens with one attached hydrogen (secondary N) is 2. The zero-order chi connectivity index (χ0) is 14.4. The summed E-state index contributed by atoms with van der Waals surface area (Å²) in [5, 5.41) is 2.66. The van der Waals surface area contributed by atoms with Crippen molar-refractivity contribution in [1.82, 2.24) is 4.98 Å². The second-order valence-corrected chi connectivity index (χ2v) is 4.94. The third-order valence-corrected chi connectivity index (χ3v) is 3.63. The molecule has 0 bridgehead atoms. The average Bonchev–Trinajstić information content (AvgIpc) is 3.15. The Morgan fingerprint density at radius 1 is 1.24 bits per heavy atom. The molecule has 3 heterocycles. The number of carbonyl (C=O) groups is 1. The van der Waals surface area contributed by atoms with E-state index < -0.39 is 0 Å². The van der Waals surface area contributed by atoms with Crippen molar-refractivity contribution in [1.29, 1.82) is 0 Å². The summed E-state index contributed by atoms with van der Waals surface area (Å²) < 4.78 is 18.9. The summed E-state index contributed by atoms with van der Waals surface area (Å²) in [4.78, 5) is 15.1. The lowest BCUT2D eigenvalue weighted by molar-refractivity contribution is -0.110. The van der Waals surface area contributed by atoms with Gasteiger partial charge < -0.3 is 15.0 Å². The number of benzene rings is 1. The Labute approximate surface area is 119 Å². The van der Waals surface area contributed by atoms with E-state index >= 15 is 0 Å². The van der Waals surface area contributed by atoms with Gasteiger partial charge in [0.1, 0.15) is 18.2 Å². The molecule has 21 heavy (non-hydrogen) atoms. The van der Waals surface area contributed by atoms with Crippen molar-refractivity contribution in [3.8, 4) is 0 Å². The molecular weight excluding hydrogens is 271 g/mol. The van der Waals surface area contributed by atoms with E-state index in [0.717, 1.165) is 11.1 Å². The first-order valence-corrected chi connectivity index (χ1v) is 6.54. The quantitative estimate of drug-likeness (QED) is 0.790. The highest BCUT2D eigenvalue weighted by Gasteiger charge is 2.30. The van der Waals surface area contributed by atoms with Gasteiger partial charge in [-0.15, -0.1) is 0 Å². The predicted molar refractivity (Wildman–Crippen MR) is 76.7 cm³/mol. The van der Waals surface area contributed by atoms with E-state index in [1.807, 2.05) is 24.5 Å². The van der Waals surface area contributed by atoms with E-state index in [1.165, 1.54) is 12.1 Å². The Hall–Kier alpha value is -2.82. The fraction of sp³-hybridized carbons (Fsp3) is 0.0625. The summed E-state index contributed by atoms with van der Waals surface area (Å²) in [7, 11) is 0. The number of halogens is 1. The monoisotopic (exact) mass is 282 g/mol. The summed E-state index contributed by atoms with van der Waals surface area (Å²) in [6.07, 6.45) is 5.57. The van der Waals surface area contributed by atoms with Gasteiger partial charge in [-0.3, -0.25) is 4.79 Å². The number of H-pyrrole nitrogens is 1. The highest BCUT2D eigenvalue weighted by molar-refractivity contribution is 6.32. The van der Waals surface area contributed by atoms with Crippen LogP contribution >= 0.6 is 0 Å². The van der Waals surface area contributed by atoms with Gasteiger partial charge in [0.2, 0.25) is 0 Å². The zero-order valence-electron chi connectivity index (χ0n) is 10.9. The number of aromatic amines is 1. The van der Waals surface area contributed by atoms with Crippen LogP contribution in [0, 0.1) is 5.82 Å². The Balaban J connectivity index is 1.82. The Bertz CT molecular complexity index is 804. The molecule has 0 fully saturated rings. The van der Waals surface area contributed by atoms with Crippen molar-refractivity contribution in [2.45, 2.75) is 0 Å². The number of anilines is 1. The number of amides is 1. The number of rotatable bonds is 1. The molecule has 2 aliphatic rings. The van der Waals surface area contributed by atoms with Crippen molar-refractivity contribution < 1.29 is 13.9 Å². The van der Waals surface area contributed by atoms with Crippen molar-refractivity contribution in [2.24, 2.45) is 0 Å². The summed E-state index contributed by atoms with van der Waals surface area (Å²) in [6.45, 7) is 0.417. The molecule has 5 heteroatoms. The lowest BCUT2D eigenvalue weighted by Gasteiger charge is -2.02. The predicted octanol–water partition coefficient (Wildman–Crippen LogP) is 2.93. The van der Waals surface area contributed by atoms with Gasteiger partial charge >= 0.3 is 0 Å². The van der Waals surface area contributed by atoms with Crippen LogP contribution in [0.2, 0.25) is 0 Å². The minimum absolute atomic E-state index is 0.267. The van der Waals surface area contributed by atoms with Crippen molar-refractivity contribution in [2.75, 3.05) is 11.9 Å². The molecule has 2 aliphatic heterocycles. The van der Waals surface area contributed by atoms with Crippen LogP contribution in [0.1, 0.15) is 11.1 Å². The minimum Gasteiger partial charge on any atom is -0.488 e. The maximum absolute atomic E-state index is 13.2. The second kappa shape index (κ2) is 4.34. The third kappa shape index (κ3) is 1.86. The van der Waals surface area contributed by atoms with E-state index in [2.05, 4.69) is 10.3 Å². The van der Waals surface area contributed by atoms with Crippen LogP contribution in [0.15, 0.2) is 48.5 Å². The number of carbonyl (C=O) groups excluding carboxylic acids is 1. The first-order chi connectivity index (χ1) is 10.2. The lowest BCUT2D eigenvalue weighted by atomic mass is 10.0. The van der Waals surface area contributed by atoms with E-state index in [1.54, 1.807) is 6.07 Å². The highest BCUT2D eigenvalue weighted by Crippen LogP contribution is 2.37. The molecule has 1 aromatic carbocycles. The van der Waals surface area contributed by atoms with Gasteiger partial charge in [-0.1, -0.05) is 0 Å². The van der Waals surface area contributed by atoms with E-state index in [0.29, 0.717) is 29.2 Å². The van der Waals surface area contributed by atoms with Crippen LogP contribution in [0.4, 0.5) is 10.1 Å². The molecule has 0 saturated heterocycles. The minimum atomic E-state index is -0.379. The fourth-order valence-electron chi connectivity index (χ4n) is 2.62. The molecule has 0 saturated carbocycles. The lowest BCUT2D eigenvalue weighted by Crippen LogP contribution is -2.05. The summed E-state index contributed by atoms with van der Waals surface area (Å²) in [6, 6.07) is 6.19. The van der Waals surface area contributed by atoms with Gasteiger partial charge in [0, 0.05) is 23.5 Å². The van der Waals surface area contributed by atoms with Crippen molar-refractivity contribution in [3.05, 3.63) is 65.4 Å². The third-order valence-electron chi connectivity index (χ3n) is 3.63. The summed E-state index contributed by atoms with van der Waals surface area (Å²) >= 11 is 0. The molecule has 0 spiro atoms. The number of allylic oxidation sites excluding steroid dienone is 1. The molecule has 0 aliphatic carbocycles. The van der Waals surface area contributed by atoms with Crippen LogP contribution in [-0.4, -0.2) is 17.5 Å². The largest absolute Gasteiger partial charge is 0.488 e. The molecule has 104 valence electrons. The Morgan fingerprint density at radius 3 is 2.95 bits per heavy atom. The number of fused-ring (bicyclic) bond motifs is 1. The van der Waals surface area contributed by atoms with Crippen LogP contribution in [-0.2, 0) is 9.53 Å². The number of hydrogen-bond acceptors (Lipinski definition) is 2. The van der Waals surface area contributed by atoms with Gasteiger partial charge in [-0.2, -0.15) is 0 Å². The maximum Gasteiger partial charge on any atom is 0.260 e. The Kier molecular flexibility index (Phi) is 2.47. The molecule has 1 amide bonds. The number of aromatic nitrogens is 1. The van der Waals surface area contributed by atoms with Crippen LogP contribution in [0.25, 0.3) is 11.1 Å². The highest BCUT2D eigenvalue weighted by atomic mass is 19.1. The SMILES string of the molecule is O=C1Nc2cc(F)ccc2/C1=C1/C=C(c2cc[nH]c2)CO1. The van der Waals surface area contributed by atoms with E-state index in [-0.39, 0.29) is 11.7 Å². The molecule has 1 aromatic heterocycles. The second-order valence-electron chi connectivity index (χ2n) is 4.94.